The van der Waals surface area contributed by atoms with Crippen LogP contribution < -0.4 is 0 Å². The van der Waals surface area contributed by atoms with Crippen LogP contribution in [0.2, 0.25) is 0 Å². The second-order valence-corrected chi connectivity index (χ2v) is 12.9. The molecule has 0 N–H and O–H groups in total. The van der Waals surface area contributed by atoms with Crippen LogP contribution in [0.3, 0.4) is 0 Å². The van der Waals surface area contributed by atoms with Crippen LogP contribution in [0.25, 0.3) is 50.3 Å². The first-order chi connectivity index (χ1) is 24.0. The van der Waals surface area contributed by atoms with E-state index in [4.69, 9.17) is 9.40 Å². The van der Waals surface area contributed by atoms with Gasteiger partial charge < -0.3 is 14.0 Å². The molecule has 8 rings (SSSR count). The quantitative estimate of drug-likeness (QED) is 0.150. The van der Waals surface area contributed by atoms with Gasteiger partial charge in [0.05, 0.1) is 16.9 Å². The Morgan fingerprint density at radius 2 is 1.42 bits per heavy atom. The summed E-state index contributed by atoms with van der Waals surface area (Å²) in [6.45, 7) is 9.04. The van der Waals surface area contributed by atoms with E-state index in [2.05, 4.69) is 135 Å². The van der Waals surface area contributed by atoms with E-state index in [1.807, 2.05) is 48.5 Å². The van der Waals surface area contributed by atoms with Gasteiger partial charge in [0.25, 0.3) is 0 Å². The molecule has 3 heterocycles. The number of fused-ring (bicyclic) bond motifs is 2. The van der Waals surface area contributed by atoms with Crippen LogP contribution in [-0.2, 0) is 26.5 Å². The van der Waals surface area contributed by atoms with Gasteiger partial charge in [0.2, 0.25) is 0 Å². The van der Waals surface area contributed by atoms with Crippen molar-refractivity contribution in [2.45, 2.75) is 46.0 Å². The summed E-state index contributed by atoms with van der Waals surface area (Å²) in [4.78, 5) is 9.36. The minimum Gasteiger partial charge on any atom is -0.557 e. The van der Waals surface area contributed by atoms with Crippen LogP contribution >= 0.6 is 0 Å². The average Bonchev–Trinajstić information content (AvgIpc) is 3.74. The van der Waals surface area contributed by atoms with E-state index in [1.165, 1.54) is 27.9 Å². The molecular formula is C45H39IrN3O-2. The molecule has 0 aliphatic carbocycles. The Balaban J connectivity index is 0.000000281. The molecule has 0 saturated heterocycles. The second kappa shape index (κ2) is 15.6. The molecule has 251 valence electrons. The minimum absolute atomic E-state index is 0. The molecule has 3 aromatic heterocycles. The molecule has 0 saturated carbocycles. The van der Waals surface area contributed by atoms with Gasteiger partial charge >= 0.3 is 0 Å². The predicted octanol–water partition coefficient (Wildman–Crippen LogP) is 11.6. The Kier molecular flexibility index (Phi) is 10.9. The van der Waals surface area contributed by atoms with Crippen LogP contribution in [0.15, 0.2) is 144 Å². The first-order valence-corrected chi connectivity index (χ1v) is 16.9. The van der Waals surface area contributed by atoms with Crippen LogP contribution in [0, 0.1) is 12.3 Å². The van der Waals surface area contributed by atoms with E-state index in [0.717, 1.165) is 51.1 Å². The summed E-state index contributed by atoms with van der Waals surface area (Å²) >= 11 is 0. The Morgan fingerprint density at radius 3 is 2.12 bits per heavy atom. The van der Waals surface area contributed by atoms with Gasteiger partial charge in [-0.05, 0) is 58.8 Å². The number of aromatic nitrogens is 3. The van der Waals surface area contributed by atoms with Crippen LogP contribution in [0.1, 0.15) is 61.8 Å². The van der Waals surface area contributed by atoms with E-state index in [-0.39, 0.29) is 20.1 Å². The fourth-order valence-corrected chi connectivity index (χ4v) is 6.39. The normalized spacial score (nSPS) is 11.1. The van der Waals surface area contributed by atoms with Gasteiger partial charge in [-0.1, -0.05) is 129 Å². The number of rotatable bonds is 7. The molecule has 0 bridgehead atoms. The molecular weight excluding hydrogens is 791 g/mol. The largest absolute Gasteiger partial charge is 0.557 e. The number of imidazole rings is 1. The van der Waals surface area contributed by atoms with Crippen molar-refractivity contribution in [3.63, 3.8) is 0 Å². The molecule has 0 aliphatic rings. The minimum atomic E-state index is 0. The van der Waals surface area contributed by atoms with Crippen molar-refractivity contribution < 1.29 is 24.5 Å². The first-order valence-electron chi connectivity index (χ1n) is 16.9. The van der Waals surface area contributed by atoms with Crippen LogP contribution in [0.5, 0.6) is 0 Å². The Bertz CT molecular complexity index is 2240. The first kappa shape index (κ1) is 34.8. The van der Waals surface area contributed by atoms with E-state index < -0.39 is 0 Å². The van der Waals surface area contributed by atoms with E-state index >= 15 is 0 Å². The van der Waals surface area contributed by atoms with Gasteiger partial charge in [-0.15, -0.1) is 42.0 Å². The van der Waals surface area contributed by atoms with Gasteiger partial charge in [-0.25, -0.2) is 0 Å². The molecule has 0 aliphatic heterocycles. The third-order valence-corrected chi connectivity index (χ3v) is 8.83. The van der Waals surface area contributed by atoms with Gasteiger partial charge in [-0.3, -0.25) is 4.98 Å². The van der Waals surface area contributed by atoms with E-state index in [9.17, 15) is 0 Å². The zero-order valence-electron chi connectivity index (χ0n) is 28.7. The molecule has 5 heteroatoms. The second-order valence-electron chi connectivity index (χ2n) is 12.9. The van der Waals surface area contributed by atoms with Crippen molar-refractivity contribution in [1.29, 1.82) is 0 Å². The van der Waals surface area contributed by atoms with Crippen molar-refractivity contribution in [2.24, 2.45) is 0 Å². The summed E-state index contributed by atoms with van der Waals surface area (Å²) in [7, 11) is 0. The fraction of sp³-hybridized carbons (Fsp3) is 0.156. The summed E-state index contributed by atoms with van der Waals surface area (Å²) < 4.78 is 8.38. The summed E-state index contributed by atoms with van der Waals surface area (Å²) in [6.07, 6.45) is 5.89. The Morgan fingerprint density at radius 1 is 0.700 bits per heavy atom. The third-order valence-electron chi connectivity index (χ3n) is 8.83. The van der Waals surface area contributed by atoms with Gasteiger partial charge in [0.1, 0.15) is 0 Å². The molecule has 0 fully saturated rings. The third kappa shape index (κ3) is 7.26. The molecule has 50 heavy (non-hydrogen) atoms. The smallest absolute Gasteiger partial charge is 0.0774 e. The number of hydrogen-bond donors (Lipinski definition) is 0. The molecule has 0 amide bonds. The molecule has 5 aromatic carbocycles. The number of hydrogen-bond acceptors (Lipinski definition) is 3. The Labute approximate surface area is 308 Å². The number of nitrogens with zero attached hydrogens (tertiary/aromatic N) is 3. The van der Waals surface area contributed by atoms with Gasteiger partial charge in [-0.2, -0.15) is 0 Å². The van der Waals surface area contributed by atoms with Crippen molar-refractivity contribution in [3.8, 4) is 28.3 Å². The van der Waals surface area contributed by atoms with E-state index in [0.29, 0.717) is 11.8 Å². The zero-order chi connectivity index (χ0) is 33.7. The summed E-state index contributed by atoms with van der Waals surface area (Å²) in [5, 5.41) is 1.03. The summed E-state index contributed by atoms with van der Waals surface area (Å²) in [5.74, 6) is 1.60. The molecule has 0 unspecified atom stereocenters. The van der Waals surface area contributed by atoms with Gasteiger partial charge in [0, 0.05) is 43.8 Å². The number of pyridine rings is 1. The van der Waals surface area contributed by atoms with Gasteiger partial charge in [0.15, 0.2) is 0 Å². The molecule has 0 spiro atoms. The molecule has 0 atom stereocenters. The standard InChI is InChI=1S/C34H31N2O.C11H8N.Ir/c1-22(2)26-13-10-14-27(23(3)4)33(26)36-31-16-9-8-15-30(31)35-34(36)29-21-37-32-20-25(17-18-28(29)32)19-24-11-6-5-7-12-24;1-2-6-10(7-3-1)11-8-4-5-9-12-11;/h5-18,20,22-23H,19H2,1-4H3;1-6,8-9H;/q2*-1;. The maximum atomic E-state index is 6.05. The maximum Gasteiger partial charge on any atom is 0.0774 e. The summed E-state index contributed by atoms with van der Waals surface area (Å²) in [6, 6.07) is 48.9. The van der Waals surface area contributed by atoms with Crippen LogP contribution in [-0.4, -0.2) is 14.5 Å². The van der Waals surface area contributed by atoms with Crippen LogP contribution in [0.4, 0.5) is 0 Å². The fourth-order valence-electron chi connectivity index (χ4n) is 6.39. The van der Waals surface area contributed by atoms with Crippen molar-refractivity contribution in [1.82, 2.24) is 14.5 Å². The zero-order valence-corrected chi connectivity index (χ0v) is 31.1. The monoisotopic (exact) mass is 830 g/mol. The predicted molar refractivity (Wildman–Crippen MR) is 201 cm³/mol. The van der Waals surface area contributed by atoms with Crippen molar-refractivity contribution in [2.75, 3.05) is 0 Å². The SMILES string of the molecule is CC(C)c1cccc(C(C)C)c1-n1c(-c2[c-]oc3cc(Cc4ccccc4)ccc23)nc2ccccc21.[Ir].[c-]1ccccc1-c1ccccn1. The number of benzene rings is 5. The Hall–Kier alpha value is -5.09. The molecule has 1 radical (unpaired) electrons. The maximum absolute atomic E-state index is 6.05. The van der Waals surface area contributed by atoms with E-state index in [1.54, 1.807) is 6.20 Å². The topological polar surface area (TPSA) is 43.9 Å². The number of para-hydroxylation sites is 3. The van der Waals surface area contributed by atoms with Crippen molar-refractivity contribution in [3.05, 3.63) is 174 Å². The molecule has 8 aromatic rings. The average molecular weight is 830 g/mol. The number of furan rings is 1. The molecule has 4 nitrogen and oxygen atoms in total. The van der Waals surface area contributed by atoms with Crippen molar-refractivity contribution >= 4 is 22.0 Å². The summed E-state index contributed by atoms with van der Waals surface area (Å²) in [5.41, 5.74) is 12.1.